The number of ketones is 2. The standard InChI is InChI=1S/C72H84F2N12O13S2/c1-72-18-6-21-86(72)70(98)60(26-41-7-5-10-51(87)25-41)84-66(94)45(24-42-16-20-77-34-42)30-62(89)58(33-64(91)92)82-69(97)59(29-48-36-79-56-15-13-50(74)32-54(48)56)83-67(95)46(27-47-35-78-55-14-12-49(73)31-53(47)55)28-52(88)37-80-68(96)57(11-2-3-19-75)81-63(90)17-22-100-38-43-8-4-9-44(23-43)39-101-40-61(65(76)93)85-71(72)99/h4-5,7-10,12-15,20,23,25,31-32,34-36,45-46,57-61,78-79,87H,2-3,6,11,16-19,21-22,24,26-30,33,37-40,75H2,1H3,(H2,76,93)(H,80,96)(H,81,90)(H,82,97)(H,83,95)(H,84,94)(H,85,99)(H,91,92)/t45-,46-,57+,58+,59+,60+,61+,72+/m1/s1. The van der Waals surface area contributed by atoms with Gasteiger partial charge in [-0.2, -0.15) is 23.5 Å². The molecule has 2 aromatic heterocycles. The number of phenolic OH excluding ortho intramolecular Hbond substituents is 1. The molecular weight excluding hydrogens is 1340 g/mol. The predicted octanol–water partition coefficient (Wildman–Crippen LogP) is 5.14. The van der Waals surface area contributed by atoms with Crippen LogP contribution in [0.4, 0.5) is 8.78 Å². The van der Waals surface area contributed by atoms with Crippen LogP contribution in [-0.2, 0) is 83.5 Å². The van der Waals surface area contributed by atoms with Gasteiger partial charge in [-0.1, -0.05) is 36.4 Å². The normalized spacial score (nSPS) is 23.4. The van der Waals surface area contributed by atoms with Crippen LogP contribution in [-0.4, -0.2) is 163 Å². The number of fused-ring (bicyclic) bond motifs is 5. The Kier molecular flexibility index (Phi) is 26.5. The molecule has 1 saturated heterocycles. The number of aromatic hydroxyl groups is 1. The van der Waals surface area contributed by atoms with Gasteiger partial charge >= 0.3 is 5.97 Å². The number of allylic oxidation sites excluding steroid dienone is 1. The molecular formula is C72H84F2N12O13S2. The third kappa shape index (κ3) is 20.9. The molecule has 3 aliphatic heterocycles. The summed E-state index contributed by atoms with van der Waals surface area (Å²) >= 11 is 2.81. The Morgan fingerprint density at radius 2 is 1.36 bits per heavy atom. The van der Waals surface area contributed by atoms with Crippen LogP contribution in [0, 0.1) is 23.5 Å². The van der Waals surface area contributed by atoms with E-state index in [1.54, 1.807) is 12.3 Å². The zero-order chi connectivity index (χ0) is 72.3. The summed E-state index contributed by atoms with van der Waals surface area (Å²) in [5.74, 6) is -12.3. The molecule has 0 radical (unpaired) electrons. The van der Waals surface area contributed by atoms with E-state index in [-0.39, 0.29) is 68.6 Å². The molecule has 14 N–H and O–H groups in total. The van der Waals surface area contributed by atoms with Crippen molar-refractivity contribution in [1.29, 1.82) is 0 Å². The summed E-state index contributed by atoms with van der Waals surface area (Å²) in [6.07, 6.45) is 4.47. The van der Waals surface area contributed by atoms with Crippen molar-refractivity contribution in [3.05, 3.63) is 149 Å². The monoisotopic (exact) mass is 1430 g/mol. The number of nitrogens with one attached hydrogen (secondary N) is 8. The largest absolute Gasteiger partial charge is 0.508 e. The molecule has 3 aliphatic rings. The number of hydrogen-bond acceptors (Lipinski definition) is 16. The Bertz CT molecular complexity index is 4140. The summed E-state index contributed by atoms with van der Waals surface area (Å²) in [5, 5.41) is 37.8. The number of halogens is 2. The van der Waals surface area contributed by atoms with Crippen LogP contribution < -0.4 is 43.4 Å². The van der Waals surface area contributed by atoms with Crippen LogP contribution in [0.1, 0.15) is 105 Å². The number of phenols is 1. The van der Waals surface area contributed by atoms with E-state index in [0.29, 0.717) is 81.6 Å². The van der Waals surface area contributed by atoms with Gasteiger partial charge in [-0.05, 0) is 140 Å². The second kappa shape index (κ2) is 35.5. The first-order valence-electron chi connectivity index (χ1n) is 33.5. The number of Topliss-reactive ketones (excluding diaryl/α,β-unsaturated/α-hetero) is 2. The minimum atomic E-state index is -1.91. The smallest absolute Gasteiger partial charge is 0.305 e. The van der Waals surface area contributed by atoms with E-state index in [0.717, 1.165) is 11.1 Å². The molecule has 8 atom stereocenters. The predicted molar refractivity (Wildman–Crippen MR) is 378 cm³/mol. The number of aliphatic carboxylic acids is 1. The molecule has 4 aromatic carbocycles. The van der Waals surface area contributed by atoms with Gasteiger partial charge in [0.2, 0.25) is 47.3 Å². The fraction of sp³-hybridized carbons (Fsp3) is 0.417. The Morgan fingerprint density at radius 3 is 2.01 bits per heavy atom. The van der Waals surface area contributed by atoms with Gasteiger partial charge < -0.3 is 68.4 Å². The number of benzene rings is 4. The van der Waals surface area contributed by atoms with E-state index >= 15 is 19.2 Å². The summed E-state index contributed by atoms with van der Waals surface area (Å²) in [5.41, 5.74) is 14.5. The second-order valence-corrected chi connectivity index (χ2v) is 28.1. The molecule has 29 heteroatoms. The number of nitrogens with two attached hydrogens (primary N) is 2. The highest BCUT2D eigenvalue weighted by Gasteiger charge is 2.49. The van der Waals surface area contributed by atoms with Gasteiger partial charge in [0.1, 0.15) is 47.1 Å². The quantitative estimate of drug-likeness (QED) is 0.0592. The first-order valence-corrected chi connectivity index (χ1v) is 35.8. The number of carbonyl (C=O) groups is 11. The lowest BCUT2D eigenvalue weighted by atomic mass is 9.89. The Balaban J connectivity index is 1.06. The van der Waals surface area contributed by atoms with Crippen LogP contribution in [0.3, 0.4) is 0 Å². The molecule has 101 heavy (non-hydrogen) atoms. The van der Waals surface area contributed by atoms with Crippen molar-refractivity contribution in [2.75, 3.05) is 31.1 Å². The fourth-order valence-corrected chi connectivity index (χ4v) is 14.8. The van der Waals surface area contributed by atoms with Crippen LogP contribution >= 0.6 is 23.5 Å². The zero-order valence-electron chi connectivity index (χ0n) is 55.8. The Labute approximate surface area is 589 Å². The molecule has 0 saturated carbocycles. The molecule has 8 amide bonds. The number of carbonyl (C=O) groups excluding carboxylic acids is 10. The maximum absolute atomic E-state index is 15.3. The van der Waals surface area contributed by atoms with E-state index < -0.39 is 156 Å². The van der Waals surface area contributed by atoms with Crippen LogP contribution in [0.5, 0.6) is 5.75 Å². The zero-order valence-corrected chi connectivity index (χ0v) is 57.4. The van der Waals surface area contributed by atoms with Crippen molar-refractivity contribution in [2.24, 2.45) is 28.3 Å². The first-order chi connectivity index (χ1) is 48.4. The van der Waals surface area contributed by atoms with Crippen molar-refractivity contribution in [3.8, 4) is 5.75 Å². The van der Waals surface area contributed by atoms with Crippen LogP contribution in [0.25, 0.3) is 21.8 Å². The molecule has 1 fully saturated rings. The summed E-state index contributed by atoms with van der Waals surface area (Å²) in [6, 6.07) is 14.0. The van der Waals surface area contributed by atoms with E-state index in [1.165, 1.54) is 109 Å². The first kappa shape index (κ1) is 75.5. The van der Waals surface area contributed by atoms with Gasteiger partial charge in [-0.3, -0.25) is 57.7 Å². The van der Waals surface area contributed by atoms with Crippen molar-refractivity contribution in [2.45, 2.75) is 144 Å². The number of thioether (sulfide) groups is 2. The number of rotatable bonds is 15. The number of aliphatic imine (C=N–C) groups is 1. The van der Waals surface area contributed by atoms with Gasteiger partial charge in [0.15, 0.2) is 11.6 Å². The number of amides is 8. The number of H-pyrrole nitrogens is 2. The number of carboxylic acid groups (broad SMARTS) is 1. The second-order valence-electron chi connectivity index (χ2n) is 26.0. The van der Waals surface area contributed by atoms with Crippen molar-refractivity contribution < 1.29 is 71.7 Å². The van der Waals surface area contributed by atoms with Crippen LogP contribution in [0.2, 0.25) is 0 Å². The van der Waals surface area contributed by atoms with Gasteiger partial charge in [0.25, 0.3) is 0 Å². The third-order valence-corrected chi connectivity index (χ3v) is 20.4. The van der Waals surface area contributed by atoms with E-state index in [4.69, 9.17) is 11.5 Å². The molecule has 0 aliphatic carbocycles. The lowest BCUT2D eigenvalue weighted by Crippen LogP contribution is -2.62. The van der Waals surface area contributed by atoms with Crippen LogP contribution in [0.15, 0.2) is 114 Å². The van der Waals surface area contributed by atoms with E-state index in [1.807, 2.05) is 24.3 Å². The molecule has 5 heterocycles. The lowest BCUT2D eigenvalue weighted by molar-refractivity contribution is -0.147. The maximum atomic E-state index is 15.3. The topological polar surface area (TPSA) is 400 Å². The number of aromatic amines is 2. The molecule has 25 nitrogen and oxygen atoms in total. The lowest BCUT2D eigenvalue weighted by Gasteiger charge is -2.37. The van der Waals surface area contributed by atoms with Crippen molar-refractivity contribution in [1.82, 2.24) is 46.8 Å². The van der Waals surface area contributed by atoms with E-state index in [2.05, 4.69) is 46.9 Å². The highest BCUT2D eigenvalue weighted by atomic mass is 32.2. The summed E-state index contributed by atoms with van der Waals surface area (Å²) in [4.78, 5) is 169. The fourth-order valence-electron chi connectivity index (χ4n) is 12.8. The summed E-state index contributed by atoms with van der Waals surface area (Å²) < 4.78 is 29.9. The maximum Gasteiger partial charge on any atom is 0.305 e. The molecule has 9 rings (SSSR count). The molecule has 0 spiro atoms. The van der Waals surface area contributed by atoms with Crippen molar-refractivity contribution in [3.63, 3.8) is 0 Å². The average molecular weight is 1430 g/mol. The Morgan fingerprint density at radius 1 is 0.703 bits per heavy atom. The number of hydrogen-bond donors (Lipinski definition) is 12. The van der Waals surface area contributed by atoms with E-state index in [9.17, 15) is 52.6 Å². The molecule has 536 valence electrons. The van der Waals surface area contributed by atoms with Gasteiger partial charge in [-0.15, -0.1) is 0 Å². The third-order valence-electron chi connectivity index (χ3n) is 18.3. The number of carboxylic acids is 1. The SMILES string of the molecule is C[C@@]12CCCN1C(=O)[C@H](Cc1cccc(O)c1)NC(=O)[C@H](CC1=CN=CC1)CC(=O)[C@H](CC(=O)O)NC(=O)[C@H](Cc1c[nH]c3ccc(F)cc13)NC(=O)[C@H](Cc1c[nH]c3ccc(F)cc13)CC(=O)CNC(=O)[C@H](CCCCN)NC(=O)CCSCc1cccc(c1)CSC[C@@H](C(N)=O)NC2=O. The number of unbranched alkanes of at least 4 members (excludes halogenated alkanes) is 1. The Hall–Kier alpha value is -9.74. The molecule has 6 aromatic rings. The highest BCUT2D eigenvalue weighted by Crippen LogP contribution is 2.33. The summed E-state index contributed by atoms with van der Waals surface area (Å²) in [6.45, 7) is 1.26. The minimum absolute atomic E-state index is 0.0255. The highest BCUT2D eigenvalue weighted by molar-refractivity contribution is 7.98. The van der Waals surface area contributed by atoms with Crippen molar-refractivity contribution >= 4 is 116 Å². The molecule has 0 unspecified atom stereocenters. The number of nitrogens with zero attached hydrogens (tertiary/aromatic N) is 2. The van der Waals surface area contributed by atoms with Gasteiger partial charge in [0.05, 0.1) is 19.0 Å². The van der Waals surface area contributed by atoms with Gasteiger partial charge in [0, 0.05) is 127 Å². The summed E-state index contributed by atoms with van der Waals surface area (Å²) in [7, 11) is 0. The number of primary amides is 1. The molecule has 2 bridgehead atoms. The minimum Gasteiger partial charge on any atom is -0.508 e. The number of aromatic nitrogens is 2. The van der Waals surface area contributed by atoms with Gasteiger partial charge in [-0.25, -0.2) is 8.78 Å². The average Bonchev–Trinajstić information content (AvgIpc) is 1.69.